The molecule has 1 aliphatic carbocycles. The highest BCUT2D eigenvalue weighted by molar-refractivity contribution is 6.01. The summed E-state index contributed by atoms with van der Waals surface area (Å²) in [7, 11) is 0. The van der Waals surface area contributed by atoms with Crippen LogP contribution < -0.4 is 11.1 Å². The lowest BCUT2D eigenvalue weighted by Crippen LogP contribution is -2.39. The number of carbonyl (C=O) groups excluding carboxylic acids is 3. The molecule has 2 aliphatic rings. The van der Waals surface area contributed by atoms with Crippen LogP contribution in [0.15, 0.2) is 0 Å². The van der Waals surface area contributed by atoms with Crippen LogP contribution in [0.25, 0.3) is 0 Å². The van der Waals surface area contributed by atoms with Crippen LogP contribution in [0.2, 0.25) is 0 Å². The van der Waals surface area contributed by atoms with Gasteiger partial charge in [-0.3, -0.25) is 19.3 Å². The third kappa shape index (κ3) is 4.97. The monoisotopic (exact) mass is 317 g/mol. The van der Waals surface area contributed by atoms with Crippen molar-refractivity contribution in [3.8, 4) is 0 Å². The second kappa shape index (κ2) is 8.34. The summed E-state index contributed by atoms with van der Waals surface area (Å²) in [6.07, 6.45) is 4.94. The van der Waals surface area contributed by atoms with E-state index < -0.39 is 0 Å². The molecule has 1 aliphatic heterocycles. The van der Waals surface area contributed by atoms with Gasteiger partial charge in [-0.15, -0.1) is 12.4 Å². The second-order valence-corrected chi connectivity index (χ2v) is 5.71. The molecule has 7 heteroatoms. The molecule has 1 heterocycles. The highest BCUT2D eigenvalue weighted by Crippen LogP contribution is 2.23. The van der Waals surface area contributed by atoms with E-state index in [9.17, 15) is 14.4 Å². The predicted octanol–water partition coefficient (Wildman–Crippen LogP) is 0.581. The van der Waals surface area contributed by atoms with Crippen molar-refractivity contribution in [2.45, 2.75) is 51.0 Å². The van der Waals surface area contributed by atoms with Gasteiger partial charge in [0.2, 0.25) is 17.7 Å². The highest BCUT2D eigenvalue weighted by Gasteiger charge is 2.28. The van der Waals surface area contributed by atoms with Crippen molar-refractivity contribution >= 4 is 30.1 Å². The van der Waals surface area contributed by atoms with E-state index in [1.165, 1.54) is 4.90 Å². The van der Waals surface area contributed by atoms with Gasteiger partial charge in [-0.2, -0.15) is 0 Å². The molecule has 1 saturated heterocycles. The smallest absolute Gasteiger partial charge is 0.229 e. The molecule has 0 radical (unpaired) electrons. The Bertz CT molecular complexity index is 387. The minimum absolute atomic E-state index is 0. The molecule has 6 nitrogen and oxygen atoms in total. The second-order valence-electron chi connectivity index (χ2n) is 5.71. The Labute approximate surface area is 131 Å². The topological polar surface area (TPSA) is 92.5 Å². The molecule has 0 aromatic rings. The third-order valence-electron chi connectivity index (χ3n) is 4.10. The minimum atomic E-state index is -0.0976. The van der Waals surface area contributed by atoms with E-state index in [4.69, 9.17) is 5.73 Å². The fraction of sp³-hybridized carbons (Fsp3) is 0.786. The first kappa shape index (κ1) is 17.9. The highest BCUT2D eigenvalue weighted by atomic mass is 35.5. The van der Waals surface area contributed by atoms with Gasteiger partial charge in [0.25, 0.3) is 0 Å². The van der Waals surface area contributed by atoms with Crippen LogP contribution >= 0.6 is 12.4 Å². The molecule has 2 unspecified atom stereocenters. The number of amides is 3. The maximum absolute atomic E-state index is 12.0. The average molecular weight is 318 g/mol. The van der Waals surface area contributed by atoms with E-state index in [1.807, 2.05) is 0 Å². The van der Waals surface area contributed by atoms with Gasteiger partial charge in [-0.25, -0.2) is 0 Å². The van der Waals surface area contributed by atoms with Crippen molar-refractivity contribution in [2.24, 2.45) is 11.7 Å². The van der Waals surface area contributed by atoms with Crippen molar-refractivity contribution in [3.05, 3.63) is 0 Å². The number of halogens is 1. The van der Waals surface area contributed by atoms with Gasteiger partial charge in [0.1, 0.15) is 0 Å². The zero-order chi connectivity index (χ0) is 14.5. The van der Waals surface area contributed by atoms with E-state index in [0.717, 1.165) is 25.7 Å². The van der Waals surface area contributed by atoms with Gasteiger partial charge in [0.05, 0.1) is 0 Å². The third-order valence-corrected chi connectivity index (χ3v) is 4.10. The summed E-state index contributed by atoms with van der Waals surface area (Å²) < 4.78 is 0. The zero-order valence-corrected chi connectivity index (χ0v) is 13.0. The molecule has 21 heavy (non-hydrogen) atoms. The number of nitrogens with one attached hydrogen (secondary N) is 1. The molecule has 0 aromatic carbocycles. The minimum Gasteiger partial charge on any atom is -0.356 e. The summed E-state index contributed by atoms with van der Waals surface area (Å²) in [6, 6.07) is 0.138. The fourth-order valence-corrected chi connectivity index (χ4v) is 2.93. The van der Waals surface area contributed by atoms with Crippen LogP contribution in [-0.2, 0) is 14.4 Å². The fourth-order valence-electron chi connectivity index (χ4n) is 2.93. The largest absolute Gasteiger partial charge is 0.356 e. The molecule has 2 atom stereocenters. The van der Waals surface area contributed by atoms with Gasteiger partial charge < -0.3 is 11.1 Å². The molecule has 1 saturated carbocycles. The van der Waals surface area contributed by atoms with Crippen LogP contribution in [-0.4, -0.2) is 41.8 Å². The molecule has 2 rings (SSSR count). The summed E-state index contributed by atoms with van der Waals surface area (Å²) in [5, 5.41) is 2.88. The van der Waals surface area contributed by atoms with Crippen LogP contribution in [0.3, 0.4) is 0 Å². The maximum Gasteiger partial charge on any atom is 0.229 e. The zero-order valence-electron chi connectivity index (χ0n) is 12.2. The summed E-state index contributed by atoms with van der Waals surface area (Å²) in [4.78, 5) is 36.0. The Balaban J connectivity index is 0.00000220. The average Bonchev–Trinajstić information content (AvgIpc) is 2.74. The van der Waals surface area contributed by atoms with E-state index in [2.05, 4.69) is 5.32 Å². The van der Waals surface area contributed by atoms with Crippen LogP contribution in [0.5, 0.6) is 0 Å². The lowest BCUT2D eigenvalue weighted by molar-refractivity contribution is -0.138. The van der Waals surface area contributed by atoms with E-state index in [0.29, 0.717) is 32.4 Å². The number of imide groups is 1. The Morgan fingerprint density at radius 2 is 1.90 bits per heavy atom. The van der Waals surface area contributed by atoms with Crippen molar-refractivity contribution in [3.63, 3.8) is 0 Å². The van der Waals surface area contributed by atoms with E-state index in [-0.39, 0.29) is 42.1 Å². The normalized spacial score (nSPS) is 25.7. The lowest BCUT2D eigenvalue weighted by Gasteiger charge is -2.25. The maximum atomic E-state index is 12.0. The molecule has 120 valence electrons. The number of nitrogens with two attached hydrogens (primary N) is 1. The summed E-state index contributed by atoms with van der Waals surface area (Å²) in [5.41, 5.74) is 5.87. The quantitative estimate of drug-likeness (QED) is 0.573. The van der Waals surface area contributed by atoms with Gasteiger partial charge in [0, 0.05) is 37.9 Å². The molecule has 0 aromatic heterocycles. The Kier molecular flexibility index (Phi) is 7.11. The molecular weight excluding hydrogens is 294 g/mol. The molecule has 0 spiro atoms. The van der Waals surface area contributed by atoms with E-state index in [1.54, 1.807) is 0 Å². The number of carbonyl (C=O) groups is 3. The molecule has 3 N–H and O–H groups in total. The Morgan fingerprint density at radius 1 is 1.24 bits per heavy atom. The standard InChI is InChI=1S/C14H23N3O3.ClH/c15-11-4-1-3-10(9-11)14(20)16-7-2-8-17-12(18)5-6-13(17)19;/h10-11H,1-9,15H2,(H,16,20);1H. The van der Waals surface area contributed by atoms with Gasteiger partial charge >= 0.3 is 0 Å². The predicted molar refractivity (Wildman–Crippen MR) is 80.8 cm³/mol. The van der Waals surface area contributed by atoms with Crippen molar-refractivity contribution < 1.29 is 14.4 Å². The molecule has 3 amide bonds. The summed E-state index contributed by atoms with van der Waals surface area (Å²) in [6.45, 7) is 0.907. The van der Waals surface area contributed by atoms with E-state index >= 15 is 0 Å². The van der Waals surface area contributed by atoms with Gasteiger partial charge in [-0.1, -0.05) is 6.42 Å². The van der Waals surface area contributed by atoms with Crippen LogP contribution in [0, 0.1) is 5.92 Å². The number of hydrogen-bond acceptors (Lipinski definition) is 4. The molecule has 2 fully saturated rings. The van der Waals surface area contributed by atoms with Crippen LogP contribution in [0.1, 0.15) is 44.9 Å². The number of nitrogens with zero attached hydrogens (tertiary/aromatic N) is 1. The van der Waals surface area contributed by atoms with Crippen molar-refractivity contribution in [1.82, 2.24) is 10.2 Å². The molecule has 0 bridgehead atoms. The lowest BCUT2D eigenvalue weighted by atomic mass is 9.85. The first-order valence-electron chi connectivity index (χ1n) is 7.44. The SMILES string of the molecule is Cl.NC1CCCC(C(=O)NCCCN2C(=O)CCC2=O)C1. The van der Waals surface area contributed by atoms with Crippen LogP contribution in [0.4, 0.5) is 0 Å². The first-order chi connectivity index (χ1) is 9.58. The molecular formula is C14H24ClN3O3. The van der Waals surface area contributed by atoms with Gasteiger partial charge in [0.15, 0.2) is 0 Å². The summed E-state index contributed by atoms with van der Waals surface area (Å²) in [5.74, 6) is -0.118. The van der Waals surface area contributed by atoms with Crippen molar-refractivity contribution in [2.75, 3.05) is 13.1 Å². The van der Waals surface area contributed by atoms with Gasteiger partial charge in [-0.05, 0) is 25.7 Å². The van der Waals surface area contributed by atoms with Crippen molar-refractivity contribution in [1.29, 1.82) is 0 Å². The number of hydrogen-bond donors (Lipinski definition) is 2. The number of likely N-dealkylation sites (tertiary alicyclic amines) is 1. The first-order valence-corrected chi connectivity index (χ1v) is 7.44. The Morgan fingerprint density at radius 3 is 2.52 bits per heavy atom. The number of rotatable bonds is 5. The summed E-state index contributed by atoms with van der Waals surface area (Å²) >= 11 is 0. The Hall–Kier alpha value is -1.14.